The Labute approximate surface area is 200 Å². The largest absolute Gasteiger partial charge is 0.463 e. The third kappa shape index (κ3) is 4.97. The van der Waals surface area contributed by atoms with Crippen molar-refractivity contribution in [2.24, 2.45) is 0 Å². The van der Waals surface area contributed by atoms with E-state index in [0.29, 0.717) is 41.5 Å². The summed E-state index contributed by atoms with van der Waals surface area (Å²) in [6.07, 6.45) is -0.935. The summed E-state index contributed by atoms with van der Waals surface area (Å²) in [6, 6.07) is 7.30. The molecule has 0 aliphatic carbocycles. The number of hydrogen-bond donors (Lipinski definition) is 4. The number of ether oxygens (including phenoxy) is 2. The van der Waals surface area contributed by atoms with Gasteiger partial charge in [-0.25, -0.2) is 19.7 Å². The van der Waals surface area contributed by atoms with Gasteiger partial charge in [0.15, 0.2) is 23.2 Å². The van der Waals surface area contributed by atoms with E-state index in [1.165, 1.54) is 6.33 Å². The molecule has 12 heteroatoms. The maximum absolute atomic E-state index is 11.2. The van der Waals surface area contributed by atoms with E-state index in [9.17, 15) is 15.0 Å². The highest BCUT2D eigenvalue weighted by Gasteiger charge is 2.45. The van der Waals surface area contributed by atoms with Crippen molar-refractivity contribution in [2.75, 3.05) is 17.7 Å². The SMILES string of the molecule is C=CC(=O)OCCC[C@H]1O[C@@H](n2c(NCc3ccc(Cl)cc3)nc3c(N)ncnc32)[C@H](O)[C@@H]1O. The van der Waals surface area contributed by atoms with Crippen molar-refractivity contribution in [3.8, 4) is 0 Å². The Morgan fingerprint density at radius 3 is 2.79 bits per heavy atom. The van der Waals surface area contributed by atoms with Gasteiger partial charge in [0.05, 0.1) is 12.7 Å². The lowest BCUT2D eigenvalue weighted by molar-refractivity contribution is -0.138. The molecule has 4 atom stereocenters. The summed E-state index contributed by atoms with van der Waals surface area (Å²) in [5.41, 5.74) is 7.63. The molecule has 0 spiro atoms. The smallest absolute Gasteiger partial charge is 0.330 e. The molecule has 0 radical (unpaired) electrons. The van der Waals surface area contributed by atoms with Crippen LogP contribution >= 0.6 is 11.6 Å². The Morgan fingerprint density at radius 2 is 2.06 bits per heavy atom. The molecule has 2 aromatic heterocycles. The number of carbonyl (C=O) groups excluding carboxylic acids is 1. The number of aliphatic hydroxyl groups is 2. The fourth-order valence-electron chi connectivity index (χ4n) is 3.77. The highest BCUT2D eigenvalue weighted by atomic mass is 35.5. The Kier molecular flexibility index (Phi) is 7.27. The molecular weight excluding hydrogens is 464 g/mol. The summed E-state index contributed by atoms with van der Waals surface area (Å²) in [4.78, 5) is 24.0. The summed E-state index contributed by atoms with van der Waals surface area (Å²) >= 11 is 5.96. The van der Waals surface area contributed by atoms with Gasteiger partial charge in [0.25, 0.3) is 0 Å². The van der Waals surface area contributed by atoms with Crippen LogP contribution in [0.4, 0.5) is 11.8 Å². The van der Waals surface area contributed by atoms with Crippen molar-refractivity contribution >= 4 is 40.5 Å². The number of benzene rings is 1. The Hall–Kier alpha value is -3.25. The lowest BCUT2D eigenvalue weighted by Crippen LogP contribution is -2.32. The number of hydrogen-bond acceptors (Lipinski definition) is 10. The molecule has 0 amide bonds. The molecular formula is C22H25ClN6O5. The van der Waals surface area contributed by atoms with Crippen LogP contribution in [-0.2, 0) is 20.8 Å². The maximum atomic E-state index is 11.2. The van der Waals surface area contributed by atoms with Gasteiger partial charge in [0.2, 0.25) is 5.95 Å². The monoisotopic (exact) mass is 488 g/mol. The lowest BCUT2D eigenvalue weighted by atomic mass is 10.1. The van der Waals surface area contributed by atoms with Crippen LogP contribution in [0.3, 0.4) is 0 Å². The summed E-state index contributed by atoms with van der Waals surface area (Å²) in [5.74, 6) is -0.00904. The molecule has 1 saturated heterocycles. The fourth-order valence-corrected chi connectivity index (χ4v) is 3.90. The normalized spacial score (nSPS) is 22.1. The Bertz CT molecular complexity index is 1170. The second-order valence-electron chi connectivity index (χ2n) is 7.78. The Morgan fingerprint density at radius 1 is 1.29 bits per heavy atom. The van der Waals surface area contributed by atoms with Gasteiger partial charge >= 0.3 is 5.97 Å². The van der Waals surface area contributed by atoms with Gasteiger partial charge in [0.1, 0.15) is 18.5 Å². The van der Waals surface area contributed by atoms with Crippen LogP contribution < -0.4 is 11.1 Å². The first-order valence-electron chi connectivity index (χ1n) is 10.7. The standard InChI is InChI=1S/C22H25ClN6O5/c1-2-15(30)33-9-3-4-14-17(31)18(32)21(34-14)29-20-16(19(24)26-11-27-20)28-22(29)25-10-12-5-7-13(23)8-6-12/h2,5-8,11,14,17-18,21,31-32H,1,3-4,9-10H2,(H,25,28)(H2,24,26,27)/t14-,17-,18-,21-/m1/s1. The molecule has 1 aliphatic heterocycles. The zero-order chi connectivity index (χ0) is 24.2. The van der Waals surface area contributed by atoms with E-state index in [1.54, 1.807) is 16.7 Å². The molecule has 5 N–H and O–H groups in total. The topological polar surface area (TPSA) is 158 Å². The molecule has 34 heavy (non-hydrogen) atoms. The van der Waals surface area contributed by atoms with E-state index >= 15 is 0 Å². The number of aliphatic hydroxyl groups excluding tert-OH is 2. The number of nitrogen functional groups attached to an aromatic ring is 1. The number of aromatic nitrogens is 4. The van der Waals surface area contributed by atoms with Crippen LogP contribution in [0.25, 0.3) is 11.2 Å². The van der Waals surface area contributed by atoms with Gasteiger partial charge in [-0.2, -0.15) is 0 Å². The van der Waals surface area contributed by atoms with Gasteiger partial charge in [-0.1, -0.05) is 30.3 Å². The molecule has 4 rings (SSSR count). The summed E-state index contributed by atoms with van der Waals surface area (Å²) in [7, 11) is 0. The van der Waals surface area contributed by atoms with E-state index in [1.807, 2.05) is 12.1 Å². The first-order chi connectivity index (χ1) is 16.4. The average molecular weight is 489 g/mol. The van der Waals surface area contributed by atoms with Gasteiger partial charge in [-0.05, 0) is 30.5 Å². The van der Waals surface area contributed by atoms with Gasteiger partial charge in [-0.3, -0.25) is 4.57 Å². The molecule has 180 valence electrons. The number of fused-ring (bicyclic) bond motifs is 1. The molecule has 1 aromatic carbocycles. The number of nitrogens with one attached hydrogen (secondary N) is 1. The summed E-state index contributed by atoms with van der Waals surface area (Å²) in [6.45, 7) is 3.89. The highest BCUT2D eigenvalue weighted by molar-refractivity contribution is 6.30. The number of nitrogens with two attached hydrogens (primary N) is 1. The number of carbonyl (C=O) groups is 1. The van der Waals surface area contributed by atoms with Crippen molar-refractivity contribution in [1.29, 1.82) is 0 Å². The minimum atomic E-state index is -1.26. The van der Waals surface area contributed by atoms with E-state index in [4.69, 9.17) is 26.8 Å². The van der Waals surface area contributed by atoms with Gasteiger partial charge in [-0.15, -0.1) is 0 Å². The van der Waals surface area contributed by atoms with Crippen molar-refractivity contribution < 1.29 is 24.5 Å². The molecule has 1 aliphatic rings. The first-order valence-corrected chi connectivity index (χ1v) is 11.0. The molecule has 0 saturated carbocycles. The first kappa shape index (κ1) is 23.9. The molecule has 11 nitrogen and oxygen atoms in total. The van der Waals surface area contributed by atoms with Crippen LogP contribution in [0.15, 0.2) is 43.2 Å². The third-order valence-electron chi connectivity index (χ3n) is 5.50. The van der Waals surface area contributed by atoms with Crippen LogP contribution in [-0.4, -0.2) is 60.6 Å². The second kappa shape index (κ2) is 10.3. The number of anilines is 2. The summed E-state index contributed by atoms with van der Waals surface area (Å²) in [5, 5.41) is 25.3. The highest BCUT2D eigenvalue weighted by Crippen LogP contribution is 2.36. The van der Waals surface area contributed by atoms with Crippen molar-refractivity contribution in [3.05, 3.63) is 53.8 Å². The molecule has 3 aromatic rings. The van der Waals surface area contributed by atoms with Crippen molar-refractivity contribution in [3.63, 3.8) is 0 Å². The number of imidazole rings is 1. The van der Waals surface area contributed by atoms with Crippen LogP contribution in [0.5, 0.6) is 0 Å². The van der Waals surface area contributed by atoms with Crippen LogP contribution in [0.1, 0.15) is 24.6 Å². The number of nitrogens with zero attached hydrogens (tertiary/aromatic N) is 4. The second-order valence-corrected chi connectivity index (χ2v) is 8.21. The third-order valence-corrected chi connectivity index (χ3v) is 5.76. The van der Waals surface area contributed by atoms with Crippen LogP contribution in [0, 0.1) is 0 Å². The molecule has 1 fully saturated rings. The van der Waals surface area contributed by atoms with Gasteiger partial charge < -0.3 is 30.7 Å². The summed E-state index contributed by atoms with van der Waals surface area (Å²) < 4.78 is 12.6. The van der Waals surface area contributed by atoms with Crippen molar-refractivity contribution in [1.82, 2.24) is 19.5 Å². The van der Waals surface area contributed by atoms with E-state index in [-0.39, 0.29) is 12.4 Å². The van der Waals surface area contributed by atoms with Gasteiger partial charge in [0, 0.05) is 17.6 Å². The Balaban J connectivity index is 1.56. The van der Waals surface area contributed by atoms with Crippen molar-refractivity contribution in [2.45, 2.75) is 43.9 Å². The van der Waals surface area contributed by atoms with E-state index in [0.717, 1.165) is 11.6 Å². The number of rotatable bonds is 9. The lowest BCUT2D eigenvalue weighted by Gasteiger charge is -2.20. The van der Waals surface area contributed by atoms with E-state index < -0.39 is 30.5 Å². The number of halogens is 1. The molecule has 3 heterocycles. The average Bonchev–Trinajstić information content (AvgIpc) is 3.34. The number of esters is 1. The quantitative estimate of drug-likeness (QED) is 0.199. The molecule has 0 bridgehead atoms. The maximum Gasteiger partial charge on any atom is 0.330 e. The zero-order valence-electron chi connectivity index (χ0n) is 18.2. The van der Waals surface area contributed by atoms with Crippen LogP contribution in [0.2, 0.25) is 5.02 Å². The zero-order valence-corrected chi connectivity index (χ0v) is 18.9. The predicted molar refractivity (Wildman–Crippen MR) is 125 cm³/mol. The fraction of sp³-hybridized carbons (Fsp3) is 0.364. The minimum Gasteiger partial charge on any atom is -0.463 e. The van der Waals surface area contributed by atoms with E-state index in [2.05, 4.69) is 26.8 Å². The molecule has 0 unspecified atom stereocenters. The predicted octanol–water partition coefficient (Wildman–Crippen LogP) is 1.80. The minimum absolute atomic E-state index is 0.143.